The highest BCUT2D eigenvalue weighted by Gasteiger charge is 2.41. The van der Waals surface area contributed by atoms with Gasteiger partial charge < -0.3 is 10.2 Å². The van der Waals surface area contributed by atoms with Gasteiger partial charge in [0.05, 0.1) is 6.10 Å². The van der Waals surface area contributed by atoms with E-state index in [0.717, 1.165) is 19.3 Å². The van der Waals surface area contributed by atoms with E-state index in [1.807, 2.05) is 0 Å². The molecule has 0 amide bonds. The van der Waals surface area contributed by atoms with E-state index in [9.17, 15) is 5.11 Å². The van der Waals surface area contributed by atoms with Gasteiger partial charge in [0.25, 0.3) is 0 Å². The lowest BCUT2D eigenvalue weighted by Gasteiger charge is -2.09. The van der Waals surface area contributed by atoms with Crippen molar-refractivity contribution in [3.05, 3.63) is 0 Å². The third-order valence-corrected chi connectivity index (χ3v) is 3.31. The zero-order valence-corrected chi connectivity index (χ0v) is 9.28. The molecule has 0 aliphatic heterocycles. The van der Waals surface area contributed by atoms with E-state index in [0.29, 0.717) is 11.8 Å². The quantitative estimate of drug-likeness (QED) is 0.590. The lowest BCUT2D eigenvalue weighted by Crippen LogP contribution is -2.11. The molecule has 0 aromatic carbocycles. The van der Waals surface area contributed by atoms with Crippen molar-refractivity contribution in [1.82, 2.24) is 0 Å². The molecule has 14 heavy (non-hydrogen) atoms. The van der Waals surface area contributed by atoms with Gasteiger partial charge in [-0.15, -0.1) is 0 Å². The number of hydrogen-bond donors (Lipinski definition) is 2. The molecule has 1 aliphatic carbocycles. The van der Waals surface area contributed by atoms with Crippen LogP contribution in [0.5, 0.6) is 0 Å². The summed E-state index contributed by atoms with van der Waals surface area (Å²) in [6, 6.07) is 0. The maximum absolute atomic E-state index is 9.74. The minimum atomic E-state index is -0.145. The van der Waals surface area contributed by atoms with Crippen LogP contribution >= 0.6 is 0 Å². The average Bonchev–Trinajstić information content (AvgIpc) is 2.96. The lowest BCUT2D eigenvalue weighted by atomic mass is 10.0. The molecule has 0 aromatic rings. The van der Waals surface area contributed by atoms with Crippen molar-refractivity contribution in [2.45, 2.75) is 58.0 Å². The number of hydrogen-bond acceptors (Lipinski definition) is 2. The van der Waals surface area contributed by atoms with Gasteiger partial charge in [0.15, 0.2) is 0 Å². The molecule has 1 rings (SSSR count). The second-order valence-electron chi connectivity index (χ2n) is 4.61. The van der Waals surface area contributed by atoms with Crippen LogP contribution in [0.2, 0.25) is 0 Å². The van der Waals surface area contributed by atoms with Crippen LogP contribution in [-0.4, -0.2) is 22.9 Å². The Morgan fingerprint density at radius 3 is 2.50 bits per heavy atom. The number of aliphatic hydroxyl groups excluding tert-OH is 2. The van der Waals surface area contributed by atoms with Crippen molar-refractivity contribution in [1.29, 1.82) is 0 Å². The Bertz CT molecular complexity index is 147. The molecule has 0 radical (unpaired) electrons. The normalized spacial score (nSPS) is 27.6. The van der Waals surface area contributed by atoms with Crippen LogP contribution in [0.1, 0.15) is 51.9 Å². The second-order valence-corrected chi connectivity index (χ2v) is 4.61. The molecular weight excluding hydrogens is 176 g/mol. The Hall–Kier alpha value is -0.0800. The maximum atomic E-state index is 9.74. The van der Waals surface area contributed by atoms with Crippen molar-refractivity contribution >= 4 is 0 Å². The van der Waals surface area contributed by atoms with E-state index in [4.69, 9.17) is 5.11 Å². The van der Waals surface area contributed by atoms with E-state index < -0.39 is 0 Å². The summed E-state index contributed by atoms with van der Waals surface area (Å²) < 4.78 is 0. The van der Waals surface area contributed by atoms with Crippen molar-refractivity contribution in [3.8, 4) is 0 Å². The molecule has 0 saturated heterocycles. The van der Waals surface area contributed by atoms with Gasteiger partial charge in [-0.3, -0.25) is 0 Å². The highest BCUT2D eigenvalue weighted by atomic mass is 16.3. The highest BCUT2D eigenvalue weighted by molar-refractivity contribution is 4.90. The van der Waals surface area contributed by atoms with Crippen LogP contribution < -0.4 is 0 Å². The Kier molecular flexibility index (Phi) is 5.49. The SMILES string of the molecule is CCCCCCC[C@@H](O)[C@@H]1C[C@@H]1CO. The van der Waals surface area contributed by atoms with E-state index in [-0.39, 0.29) is 12.7 Å². The molecule has 0 heterocycles. The van der Waals surface area contributed by atoms with Crippen molar-refractivity contribution in [3.63, 3.8) is 0 Å². The average molecular weight is 200 g/mol. The van der Waals surface area contributed by atoms with E-state index in [1.165, 1.54) is 25.7 Å². The fourth-order valence-electron chi connectivity index (χ4n) is 2.12. The summed E-state index contributed by atoms with van der Waals surface area (Å²) in [7, 11) is 0. The van der Waals surface area contributed by atoms with Gasteiger partial charge >= 0.3 is 0 Å². The Balaban J connectivity index is 1.91. The molecule has 84 valence electrons. The van der Waals surface area contributed by atoms with Crippen LogP contribution in [0.3, 0.4) is 0 Å². The Morgan fingerprint density at radius 2 is 1.93 bits per heavy atom. The van der Waals surface area contributed by atoms with Crippen molar-refractivity contribution in [2.24, 2.45) is 11.8 Å². The molecule has 2 heteroatoms. The first-order chi connectivity index (χ1) is 6.79. The summed E-state index contributed by atoms with van der Waals surface area (Å²) in [5.41, 5.74) is 0. The predicted molar refractivity (Wildman–Crippen MR) is 58.1 cm³/mol. The lowest BCUT2D eigenvalue weighted by molar-refractivity contribution is 0.124. The number of unbranched alkanes of at least 4 members (excludes halogenated alkanes) is 4. The first kappa shape index (κ1) is 12.0. The number of rotatable bonds is 8. The van der Waals surface area contributed by atoms with Gasteiger partial charge in [0, 0.05) is 6.61 Å². The molecule has 0 unspecified atom stereocenters. The molecule has 0 spiro atoms. The standard InChI is InChI=1S/C12H24O2/c1-2-3-4-5-6-7-12(14)11-8-10(11)9-13/h10-14H,2-9H2,1H3/t10-,11-,12-/m1/s1. The molecule has 1 aliphatic rings. The van der Waals surface area contributed by atoms with Crippen LogP contribution in [-0.2, 0) is 0 Å². The summed E-state index contributed by atoms with van der Waals surface area (Å²) in [5, 5.41) is 18.6. The third-order valence-electron chi connectivity index (χ3n) is 3.31. The summed E-state index contributed by atoms with van der Waals surface area (Å²) in [6.07, 6.45) is 8.12. The Labute approximate surface area is 87.3 Å². The molecule has 1 fully saturated rings. The number of aliphatic hydroxyl groups is 2. The first-order valence-electron chi connectivity index (χ1n) is 6.08. The van der Waals surface area contributed by atoms with Gasteiger partial charge in [-0.1, -0.05) is 39.0 Å². The zero-order chi connectivity index (χ0) is 10.4. The van der Waals surface area contributed by atoms with Gasteiger partial charge in [-0.25, -0.2) is 0 Å². The fourth-order valence-corrected chi connectivity index (χ4v) is 2.12. The second kappa shape index (κ2) is 6.41. The monoisotopic (exact) mass is 200 g/mol. The highest BCUT2D eigenvalue weighted by Crippen LogP contribution is 2.42. The molecule has 2 N–H and O–H groups in total. The van der Waals surface area contributed by atoms with E-state index in [2.05, 4.69) is 6.92 Å². The largest absolute Gasteiger partial charge is 0.396 e. The molecule has 3 atom stereocenters. The van der Waals surface area contributed by atoms with Crippen molar-refractivity contribution < 1.29 is 10.2 Å². The molecule has 2 nitrogen and oxygen atoms in total. The van der Waals surface area contributed by atoms with E-state index in [1.54, 1.807) is 0 Å². The van der Waals surface area contributed by atoms with Crippen LogP contribution in [0.25, 0.3) is 0 Å². The topological polar surface area (TPSA) is 40.5 Å². The summed E-state index contributed by atoms with van der Waals surface area (Å²) >= 11 is 0. The third kappa shape index (κ3) is 3.97. The van der Waals surface area contributed by atoms with Gasteiger partial charge in [-0.2, -0.15) is 0 Å². The van der Waals surface area contributed by atoms with E-state index >= 15 is 0 Å². The van der Waals surface area contributed by atoms with Crippen LogP contribution in [0.15, 0.2) is 0 Å². The summed E-state index contributed by atoms with van der Waals surface area (Å²) in [6.45, 7) is 2.47. The molecular formula is C12H24O2. The van der Waals surface area contributed by atoms with Crippen LogP contribution in [0.4, 0.5) is 0 Å². The van der Waals surface area contributed by atoms with Crippen molar-refractivity contribution in [2.75, 3.05) is 6.61 Å². The maximum Gasteiger partial charge on any atom is 0.0572 e. The summed E-state index contributed by atoms with van der Waals surface area (Å²) in [4.78, 5) is 0. The predicted octanol–water partition coefficient (Wildman–Crippen LogP) is 2.34. The van der Waals surface area contributed by atoms with Gasteiger partial charge in [-0.05, 0) is 24.7 Å². The minimum absolute atomic E-state index is 0.145. The zero-order valence-electron chi connectivity index (χ0n) is 9.28. The molecule has 0 bridgehead atoms. The fraction of sp³-hybridized carbons (Fsp3) is 1.00. The Morgan fingerprint density at radius 1 is 1.21 bits per heavy atom. The minimum Gasteiger partial charge on any atom is -0.396 e. The van der Waals surface area contributed by atoms with Gasteiger partial charge in [0.2, 0.25) is 0 Å². The molecule has 1 saturated carbocycles. The first-order valence-corrected chi connectivity index (χ1v) is 6.08. The smallest absolute Gasteiger partial charge is 0.0572 e. The van der Waals surface area contributed by atoms with Gasteiger partial charge in [0.1, 0.15) is 0 Å². The molecule has 0 aromatic heterocycles. The van der Waals surface area contributed by atoms with Crippen LogP contribution in [0, 0.1) is 11.8 Å². The summed E-state index contributed by atoms with van der Waals surface area (Å²) in [5.74, 6) is 0.812.